The van der Waals surface area contributed by atoms with E-state index in [1.54, 1.807) is 6.07 Å². The fourth-order valence-electron chi connectivity index (χ4n) is 1.81. The standard InChI is InChI=1S/C12H17FN2O2/c1-9(2)7-14(3)8-10-5-4-6-11(12(10)13)15(16)17/h4-6,9H,7-8H2,1-3H3. The highest BCUT2D eigenvalue weighted by Crippen LogP contribution is 2.21. The topological polar surface area (TPSA) is 46.4 Å². The van der Waals surface area contributed by atoms with Gasteiger partial charge in [0.2, 0.25) is 5.82 Å². The van der Waals surface area contributed by atoms with E-state index >= 15 is 0 Å². The van der Waals surface area contributed by atoms with Crippen molar-refractivity contribution in [2.75, 3.05) is 13.6 Å². The average Bonchev–Trinajstić information content (AvgIpc) is 2.19. The summed E-state index contributed by atoms with van der Waals surface area (Å²) in [6.45, 7) is 5.34. The van der Waals surface area contributed by atoms with Crippen molar-refractivity contribution in [3.63, 3.8) is 0 Å². The maximum Gasteiger partial charge on any atom is 0.305 e. The Morgan fingerprint density at radius 2 is 2.12 bits per heavy atom. The SMILES string of the molecule is CC(C)CN(C)Cc1cccc([N+](=O)[O-])c1F. The van der Waals surface area contributed by atoms with E-state index in [4.69, 9.17) is 0 Å². The molecule has 4 nitrogen and oxygen atoms in total. The van der Waals surface area contributed by atoms with Gasteiger partial charge in [-0.25, -0.2) is 0 Å². The zero-order valence-electron chi connectivity index (χ0n) is 10.3. The first-order valence-electron chi connectivity index (χ1n) is 5.52. The summed E-state index contributed by atoms with van der Waals surface area (Å²) in [4.78, 5) is 11.8. The maximum absolute atomic E-state index is 13.8. The van der Waals surface area contributed by atoms with Crippen LogP contribution >= 0.6 is 0 Å². The highest BCUT2D eigenvalue weighted by molar-refractivity contribution is 5.36. The van der Waals surface area contributed by atoms with Gasteiger partial charge in [0, 0.05) is 24.7 Å². The fraction of sp³-hybridized carbons (Fsp3) is 0.500. The summed E-state index contributed by atoms with van der Waals surface area (Å²) in [5, 5.41) is 10.6. The third kappa shape index (κ3) is 3.78. The Hall–Kier alpha value is -1.49. The quantitative estimate of drug-likeness (QED) is 0.587. The van der Waals surface area contributed by atoms with E-state index in [9.17, 15) is 14.5 Å². The molecule has 0 saturated carbocycles. The molecule has 0 aromatic heterocycles. The molecule has 0 spiro atoms. The minimum atomic E-state index is -0.729. The Kier molecular flexibility index (Phi) is 4.57. The lowest BCUT2D eigenvalue weighted by Crippen LogP contribution is -2.23. The van der Waals surface area contributed by atoms with Gasteiger partial charge in [-0.1, -0.05) is 26.0 Å². The minimum Gasteiger partial charge on any atom is -0.302 e. The number of halogens is 1. The van der Waals surface area contributed by atoms with Crippen LogP contribution in [0.5, 0.6) is 0 Å². The van der Waals surface area contributed by atoms with Crippen molar-refractivity contribution in [2.24, 2.45) is 5.92 Å². The fourth-order valence-corrected chi connectivity index (χ4v) is 1.81. The number of benzene rings is 1. The van der Waals surface area contributed by atoms with Crippen molar-refractivity contribution in [3.8, 4) is 0 Å². The largest absolute Gasteiger partial charge is 0.305 e. The van der Waals surface area contributed by atoms with Crippen LogP contribution in [0.4, 0.5) is 10.1 Å². The van der Waals surface area contributed by atoms with Gasteiger partial charge in [0.1, 0.15) is 0 Å². The number of nitro benzene ring substituents is 1. The zero-order valence-corrected chi connectivity index (χ0v) is 10.3. The van der Waals surface area contributed by atoms with Crippen molar-refractivity contribution in [3.05, 3.63) is 39.7 Å². The highest BCUT2D eigenvalue weighted by Gasteiger charge is 2.17. The molecule has 0 aliphatic rings. The third-order valence-corrected chi connectivity index (χ3v) is 2.37. The molecule has 0 N–H and O–H groups in total. The van der Waals surface area contributed by atoms with Gasteiger partial charge < -0.3 is 4.90 Å². The molecule has 0 aliphatic heterocycles. The summed E-state index contributed by atoms with van der Waals surface area (Å²) in [5.41, 5.74) is -0.0946. The molecule has 0 atom stereocenters. The Morgan fingerprint density at radius 3 is 2.65 bits per heavy atom. The Balaban J connectivity index is 2.85. The van der Waals surface area contributed by atoms with Gasteiger partial charge in [-0.3, -0.25) is 10.1 Å². The van der Waals surface area contributed by atoms with Crippen LogP contribution in [0.1, 0.15) is 19.4 Å². The molecule has 94 valence electrons. The summed E-state index contributed by atoms with van der Waals surface area (Å²) in [5.74, 6) is -0.255. The summed E-state index contributed by atoms with van der Waals surface area (Å²) in [7, 11) is 1.87. The summed E-state index contributed by atoms with van der Waals surface area (Å²) < 4.78 is 13.8. The molecule has 1 aromatic carbocycles. The average molecular weight is 240 g/mol. The Morgan fingerprint density at radius 1 is 1.47 bits per heavy atom. The molecule has 0 fully saturated rings. The van der Waals surface area contributed by atoms with Gasteiger partial charge in [-0.05, 0) is 13.0 Å². The lowest BCUT2D eigenvalue weighted by Gasteiger charge is -2.19. The molecule has 0 heterocycles. The minimum absolute atomic E-state index is 0.363. The van der Waals surface area contributed by atoms with Gasteiger partial charge in [0.25, 0.3) is 0 Å². The lowest BCUT2D eigenvalue weighted by atomic mass is 10.1. The van der Waals surface area contributed by atoms with E-state index in [0.717, 1.165) is 6.54 Å². The second-order valence-electron chi connectivity index (χ2n) is 4.60. The van der Waals surface area contributed by atoms with E-state index < -0.39 is 16.4 Å². The van der Waals surface area contributed by atoms with Crippen LogP contribution in [0.3, 0.4) is 0 Å². The molecule has 5 heteroatoms. The van der Waals surface area contributed by atoms with Crippen LogP contribution in [-0.2, 0) is 6.54 Å². The number of hydrogen-bond donors (Lipinski definition) is 0. The van der Waals surface area contributed by atoms with Gasteiger partial charge in [0.05, 0.1) is 4.92 Å². The van der Waals surface area contributed by atoms with Gasteiger partial charge in [-0.15, -0.1) is 0 Å². The van der Waals surface area contributed by atoms with Gasteiger partial charge in [-0.2, -0.15) is 4.39 Å². The van der Waals surface area contributed by atoms with E-state index in [1.807, 2.05) is 11.9 Å². The Labute approximate surface area is 100 Å². The summed E-state index contributed by atoms with van der Waals surface area (Å²) in [6.07, 6.45) is 0. The van der Waals surface area contributed by atoms with E-state index in [2.05, 4.69) is 13.8 Å². The normalized spacial score (nSPS) is 11.2. The molecular formula is C12H17FN2O2. The van der Waals surface area contributed by atoms with Gasteiger partial charge >= 0.3 is 5.69 Å². The molecule has 17 heavy (non-hydrogen) atoms. The first-order valence-corrected chi connectivity index (χ1v) is 5.52. The predicted octanol–water partition coefficient (Wildman–Crippen LogP) is 2.82. The van der Waals surface area contributed by atoms with Crippen molar-refractivity contribution in [1.82, 2.24) is 4.90 Å². The predicted molar refractivity (Wildman–Crippen MR) is 64.2 cm³/mol. The lowest BCUT2D eigenvalue weighted by molar-refractivity contribution is -0.387. The first kappa shape index (κ1) is 13.6. The second kappa shape index (κ2) is 5.72. The summed E-state index contributed by atoms with van der Waals surface area (Å²) in [6, 6.07) is 4.28. The Bertz CT molecular complexity index is 407. The van der Waals surface area contributed by atoms with Crippen molar-refractivity contribution >= 4 is 5.69 Å². The number of nitro groups is 1. The van der Waals surface area contributed by atoms with E-state index in [0.29, 0.717) is 18.0 Å². The zero-order chi connectivity index (χ0) is 13.0. The molecule has 1 rings (SSSR count). The van der Waals surface area contributed by atoms with Crippen molar-refractivity contribution < 1.29 is 9.31 Å². The van der Waals surface area contributed by atoms with Crippen LogP contribution in [0.2, 0.25) is 0 Å². The monoisotopic (exact) mass is 240 g/mol. The van der Waals surface area contributed by atoms with E-state index in [-0.39, 0.29) is 0 Å². The number of hydrogen-bond acceptors (Lipinski definition) is 3. The van der Waals surface area contributed by atoms with E-state index in [1.165, 1.54) is 12.1 Å². The second-order valence-corrected chi connectivity index (χ2v) is 4.60. The van der Waals surface area contributed by atoms with Gasteiger partial charge in [0.15, 0.2) is 0 Å². The molecule has 0 amide bonds. The van der Waals surface area contributed by atoms with Crippen molar-refractivity contribution in [1.29, 1.82) is 0 Å². The van der Waals surface area contributed by atoms with Crippen molar-refractivity contribution in [2.45, 2.75) is 20.4 Å². The maximum atomic E-state index is 13.8. The van der Waals surface area contributed by atoms with Crippen LogP contribution in [0, 0.1) is 21.8 Å². The van der Waals surface area contributed by atoms with Crippen LogP contribution in [0.25, 0.3) is 0 Å². The van der Waals surface area contributed by atoms with Crippen LogP contribution < -0.4 is 0 Å². The first-order chi connectivity index (χ1) is 7.91. The van der Waals surface area contributed by atoms with Crippen LogP contribution in [-0.4, -0.2) is 23.4 Å². The highest BCUT2D eigenvalue weighted by atomic mass is 19.1. The number of rotatable bonds is 5. The number of nitrogens with zero attached hydrogens (tertiary/aromatic N) is 2. The smallest absolute Gasteiger partial charge is 0.302 e. The molecule has 0 aliphatic carbocycles. The molecule has 1 aromatic rings. The molecule has 0 radical (unpaired) electrons. The molecular weight excluding hydrogens is 223 g/mol. The third-order valence-electron chi connectivity index (χ3n) is 2.37. The summed E-state index contributed by atoms with van der Waals surface area (Å²) >= 11 is 0. The molecule has 0 bridgehead atoms. The molecule has 0 saturated heterocycles. The molecule has 0 unspecified atom stereocenters. The van der Waals surface area contributed by atoms with Crippen LogP contribution in [0.15, 0.2) is 18.2 Å².